The Morgan fingerprint density at radius 1 is 1.21 bits per heavy atom. The molecule has 19 heavy (non-hydrogen) atoms. The second-order valence-corrected chi connectivity index (χ2v) is 7.71. The first-order chi connectivity index (χ1) is 8.84. The summed E-state index contributed by atoms with van der Waals surface area (Å²) in [7, 11) is -1.48. The van der Waals surface area contributed by atoms with Crippen LogP contribution in [-0.4, -0.2) is 33.7 Å². The highest BCUT2D eigenvalue weighted by Gasteiger charge is 2.26. The van der Waals surface area contributed by atoms with Gasteiger partial charge in [-0.2, -0.15) is 0 Å². The molecule has 1 fully saturated rings. The number of hydrogen-bond acceptors (Lipinski definition) is 3. The molecule has 1 aliphatic rings. The molecule has 1 aliphatic carbocycles. The van der Waals surface area contributed by atoms with Crippen molar-refractivity contribution >= 4 is 15.9 Å². The first-order valence-electron chi connectivity index (χ1n) is 7.03. The number of rotatable bonds is 6. The third-order valence-electron chi connectivity index (χ3n) is 3.61. The molecular weight excluding hydrogens is 264 g/mol. The fourth-order valence-corrected chi connectivity index (χ4v) is 4.06. The Hall–Kier alpha value is -0.620. The zero-order chi connectivity index (χ0) is 14.5. The van der Waals surface area contributed by atoms with Gasteiger partial charge >= 0.3 is 0 Å². The molecule has 0 aliphatic heterocycles. The van der Waals surface area contributed by atoms with Gasteiger partial charge in [0.25, 0.3) is 0 Å². The Kier molecular flexibility index (Phi) is 6.26. The lowest BCUT2D eigenvalue weighted by atomic mass is 9.82. The molecule has 2 N–H and O–H groups in total. The van der Waals surface area contributed by atoms with Crippen LogP contribution in [0.25, 0.3) is 0 Å². The Labute approximate surface area is 116 Å². The quantitative estimate of drug-likeness (QED) is 0.769. The molecule has 1 amide bonds. The van der Waals surface area contributed by atoms with Crippen LogP contribution in [0.15, 0.2) is 0 Å². The fraction of sp³-hybridized carbons (Fsp3) is 0.923. The first-order valence-corrected chi connectivity index (χ1v) is 8.68. The minimum Gasteiger partial charge on any atom is -0.359 e. The average Bonchev–Trinajstić information content (AvgIpc) is 2.34. The maximum absolute atomic E-state index is 11.7. The summed E-state index contributed by atoms with van der Waals surface area (Å²) in [5, 5.41) is 2.68. The van der Waals surface area contributed by atoms with Crippen LogP contribution in [0.4, 0.5) is 0 Å². The molecule has 5 nitrogen and oxygen atoms in total. The summed E-state index contributed by atoms with van der Waals surface area (Å²) >= 11 is 0. The van der Waals surface area contributed by atoms with Crippen LogP contribution in [0.2, 0.25) is 0 Å². The van der Waals surface area contributed by atoms with Crippen molar-refractivity contribution in [1.82, 2.24) is 10.0 Å². The smallest absolute Gasteiger partial charge is 0.222 e. The number of carbonyl (C=O) groups is 1. The third kappa shape index (κ3) is 5.91. The second kappa shape index (κ2) is 7.24. The summed E-state index contributed by atoms with van der Waals surface area (Å²) in [6.07, 6.45) is 3.55. The van der Waals surface area contributed by atoms with E-state index in [2.05, 4.69) is 10.0 Å². The molecule has 0 aromatic carbocycles. The van der Waals surface area contributed by atoms with E-state index in [9.17, 15) is 13.2 Å². The summed E-state index contributed by atoms with van der Waals surface area (Å²) in [6.45, 7) is 4.30. The lowest BCUT2D eigenvalue weighted by Gasteiger charge is -2.27. The van der Waals surface area contributed by atoms with Gasteiger partial charge in [-0.25, -0.2) is 13.1 Å². The zero-order valence-electron chi connectivity index (χ0n) is 12.1. The van der Waals surface area contributed by atoms with Gasteiger partial charge in [-0.15, -0.1) is 0 Å². The molecular formula is C13H26N2O3S. The van der Waals surface area contributed by atoms with Gasteiger partial charge < -0.3 is 5.32 Å². The number of nitrogens with one attached hydrogen (secondary N) is 2. The Balaban J connectivity index is 2.32. The van der Waals surface area contributed by atoms with E-state index < -0.39 is 10.0 Å². The van der Waals surface area contributed by atoms with E-state index in [4.69, 9.17) is 0 Å². The van der Waals surface area contributed by atoms with E-state index in [1.165, 1.54) is 0 Å². The van der Waals surface area contributed by atoms with Gasteiger partial charge in [0, 0.05) is 19.5 Å². The first kappa shape index (κ1) is 16.4. The zero-order valence-corrected chi connectivity index (χ0v) is 12.9. The van der Waals surface area contributed by atoms with E-state index in [0.29, 0.717) is 12.5 Å². The third-order valence-corrected chi connectivity index (χ3v) is 5.32. The molecule has 0 unspecified atom stereocenters. The van der Waals surface area contributed by atoms with E-state index >= 15 is 0 Å². The molecule has 0 atom stereocenters. The number of hydrogen-bond donors (Lipinski definition) is 2. The minimum absolute atomic E-state index is 0.105. The van der Waals surface area contributed by atoms with Gasteiger partial charge in [-0.3, -0.25) is 4.79 Å². The van der Waals surface area contributed by atoms with E-state index in [1.807, 2.05) is 13.8 Å². The van der Waals surface area contributed by atoms with Gasteiger partial charge in [-0.05, 0) is 37.5 Å². The maximum Gasteiger partial charge on any atom is 0.222 e. The predicted molar refractivity (Wildman–Crippen MR) is 76.1 cm³/mol. The van der Waals surface area contributed by atoms with Crippen molar-refractivity contribution < 1.29 is 13.2 Å². The molecule has 0 aromatic heterocycles. The summed E-state index contributed by atoms with van der Waals surface area (Å²) in [6, 6.07) is 0. The Morgan fingerprint density at radius 3 is 2.26 bits per heavy atom. The molecule has 0 bridgehead atoms. The van der Waals surface area contributed by atoms with Gasteiger partial charge in [0.15, 0.2) is 0 Å². The lowest BCUT2D eigenvalue weighted by molar-refractivity contribution is -0.125. The highest BCUT2D eigenvalue weighted by Crippen LogP contribution is 2.28. The summed E-state index contributed by atoms with van der Waals surface area (Å²) in [5.41, 5.74) is 0. The van der Waals surface area contributed by atoms with E-state index in [-0.39, 0.29) is 23.5 Å². The van der Waals surface area contributed by atoms with E-state index in [1.54, 1.807) is 7.05 Å². The van der Waals surface area contributed by atoms with Crippen LogP contribution in [-0.2, 0) is 14.8 Å². The van der Waals surface area contributed by atoms with Crippen LogP contribution in [0, 0.1) is 17.8 Å². The van der Waals surface area contributed by atoms with Gasteiger partial charge in [0.05, 0.1) is 5.75 Å². The summed E-state index contributed by atoms with van der Waals surface area (Å²) in [4.78, 5) is 11.5. The SMILES string of the molecule is CNC(=O)C1CCC(CNS(=O)(=O)CC(C)C)CC1. The van der Waals surface area contributed by atoms with Gasteiger partial charge in [-0.1, -0.05) is 13.8 Å². The normalized spacial score (nSPS) is 24.4. The highest BCUT2D eigenvalue weighted by atomic mass is 32.2. The van der Waals surface area contributed by atoms with Crippen LogP contribution in [0.1, 0.15) is 39.5 Å². The van der Waals surface area contributed by atoms with Crippen molar-refractivity contribution in [2.75, 3.05) is 19.3 Å². The molecule has 112 valence electrons. The Morgan fingerprint density at radius 2 is 1.79 bits per heavy atom. The van der Waals surface area contributed by atoms with Crippen molar-refractivity contribution in [3.8, 4) is 0 Å². The number of sulfonamides is 1. The molecule has 0 aromatic rings. The molecule has 1 saturated carbocycles. The molecule has 0 heterocycles. The molecule has 6 heteroatoms. The Bertz CT molecular complexity index is 385. The topological polar surface area (TPSA) is 75.3 Å². The van der Waals surface area contributed by atoms with E-state index in [0.717, 1.165) is 25.7 Å². The van der Waals surface area contributed by atoms with Gasteiger partial charge in [0.2, 0.25) is 15.9 Å². The monoisotopic (exact) mass is 290 g/mol. The molecule has 0 saturated heterocycles. The summed E-state index contributed by atoms with van der Waals surface area (Å²) < 4.78 is 26.1. The van der Waals surface area contributed by atoms with Crippen molar-refractivity contribution in [1.29, 1.82) is 0 Å². The van der Waals surface area contributed by atoms with Crippen LogP contribution in [0.3, 0.4) is 0 Å². The summed E-state index contributed by atoms with van der Waals surface area (Å²) in [5.74, 6) is 0.900. The predicted octanol–water partition coefficient (Wildman–Crippen LogP) is 1.11. The van der Waals surface area contributed by atoms with Crippen molar-refractivity contribution in [3.05, 3.63) is 0 Å². The van der Waals surface area contributed by atoms with Crippen molar-refractivity contribution in [2.24, 2.45) is 17.8 Å². The van der Waals surface area contributed by atoms with Crippen LogP contribution < -0.4 is 10.0 Å². The van der Waals surface area contributed by atoms with Crippen molar-refractivity contribution in [3.63, 3.8) is 0 Å². The fourth-order valence-electron chi connectivity index (χ4n) is 2.58. The lowest BCUT2D eigenvalue weighted by Crippen LogP contribution is -2.36. The second-order valence-electron chi connectivity index (χ2n) is 5.86. The molecule has 1 rings (SSSR count). The average molecular weight is 290 g/mol. The standard InChI is InChI=1S/C13H26N2O3S/c1-10(2)9-19(17,18)15-8-11-4-6-12(7-5-11)13(16)14-3/h10-12,15H,4-9H2,1-3H3,(H,14,16). The largest absolute Gasteiger partial charge is 0.359 e. The van der Waals surface area contributed by atoms with Crippen molar-refractivity contribution in [2.45, 2.75) is 39.5 Å². The van der Waals surface area contributed by atoms with Gasteiger partial charge in [0.1, 0.15) is 0 Å². The maximum atomic E-state index is 11.7. The number of amides is 1. The highest BCUT2D eigenvalue weighted by molar-refractivity contribution is 7.89. The van der Waals surface area contributed by atoms with Crippen LogP contribution in [0.5, 0.6) is 0 Å². The van der Waals surface area contributed by atoms with Crippen LogP contribution >= 0.6 is 0 Å². The molecule has 0 spiro atoms. The number of carbonyl (C=O) groups excluding carboxylic acids is 1. The minimum atomic E-state index is -3.14. The molecule has 0 radical (unpaired) electrons.